The molecule has 2 atom stereocenters. The van der Waals surface area contributed by atoms with Gasteiger partial charge < -0.3 is 9.64 Å². The summed E-state index contributed by atoms with van der Waals surface area (Å²) in [6.07, 6.45) is 5.84. The van der Waals surface area contributed by atoms with Gasteiger partial charge in [0.15, 0.2) is 0 Å². The molecular weight excluding hydrogens is 366 g/mol. The van der Waals surface area contributed by atoms with Crippen molar-refractivity contribution in [3.8, 4) is 5.75 Å². The molecule has 1 heterocycles. The van der Waals surface area contributed by atoms with E-state index in [1.807, 2.05) is 19.2 Å². The molecular formula is C19H29N3O4S. The molecule has 0 bridgehead atoms. The first-order chi connectivity index (χ1) is 12.8. The third-order valence-corrected chi connectivity index (χ3v) is 7.44. The van der Waals surface area contributed by atoms with Crippen molar-refractivity contribution in [1.29, 1.82) is 0 Å². The monoisotopic (exact) mass is 395 g/mol. The van der Waals surface area contributed by atoms with Crippen LogP contribution in [0.4, 0.5) is 0 Å². The molecule has 0 radical (unpaired) electrons. The van der Waals surface area contributed by atoms with Gasteiger partial charge in [-0.2, -0.15) is 17.4 Å². The first-order valence-electron chi connectivity index (χ1n) is 9.49. The number of benzene rings is 1. The van der Waals surface area contributed by atoms with Crippen molar-refractivity contribution >= 4 is 16.1 Å². The quantitative estimate of drug-likeness (QED) is 0.846. The molecule has 1 aliphatic heterocycles. The molecule has 7 nitrogen and oxygen atoms in total. The van der Waals surface area contributed by atoms with E-state index in [4.69, 9.17) is 4.74 Å². The normalized spacial score (nSPS) is 26.5. The van der Waals surface area contributed by atoms with E-state index in [1.165, 1.54) is 17.8 Å². The maximum atomic E-state index is 13.1. The maximum absolute atomic E-state index is 13.1. The van der Waals surface area contributed by atoms with Crippen LogP contribution in [0.1, 0.15) is 50.1 Å². The summed E-state index contributed by atoms with van der Waals surface area (Å²) in [5, 5.41) is 0. The van der Waals surface area contributed by atoms with Crippen LogP contribution in [0.2, 0.25) is 0 Å². The third-order valence-electron chi connectivity index (χ3n) is 5.84. The van der Waals surface area contributed by atoms with Gasteiger partial charge in [0.25, 0.3) is 10.2 Å². The summed E-state index contributed by atoms with van der Waals surface area (Å²) in [5.74, 6) is 0.590. The SMILES string of the molecule is COc1ccc(C2CC(C(=O)N(C)C3CCCCC3)N(C)S(=O)(=O)N2)cc1. The second kappa shape index (κ2) is 8.16. The Morgan fingerprint density at radius 2 is 1.81 bits per heavy atom. The second-order valence-electron chi connectivity index (χ2n) is 7.46. The maximum Gasteiger partial charge on any atom is 0.280 e. The van der Waals surface area contributed by atoms with Gasteiger partial charge in [-0.15, -0.1) is 0 Å². The summed E-state index contributed by atoms with van der Waals surface area (Å²) >= 11 is 0. The Morgan fingerprint density at radius 1 is 1.19 bits per heavy atom. The number of carbonyl (C=O) groups excluding carboxylic acids is 1. The number of hydrogen-bond donors (Lipinski definition) is 1. The van der Waals surface area contributed by atoms with Gasteiger partial charge in [0.05, 0.1) is 7.11 Å². The molecule has 1 aromatic rings. The van der Waals surface area contributed by atoms with Gasteiger partial charge in [-0.05, 0) is 37.0 Å². The van der Waals surface area contributed by atoms with Crippen LogP contribution in [0, 0.1) is 0 Å². The van der Waals surface area contributed by atoms with E-state index in [2.05, 4.69) is 4.72 Å². The summed E-state index contributed by atoms with van der Waals surface area (Å²) in [6, 6.07) is 6.34. The standard InChI is InChI=1S/C19H29N3O4S/c1-21(15-7-5-4-6-8-15)19(23)18-13-17(20-27(24,25)22(18)2)14-9-11-16(26-3)12-10-14/h9-12,15,17-18,20H,4-8,13H2,1-3H3. The fraction of sp³-hybridized carbons (Fsp3) is 0.632. The highest BCUT2D eigenvalue weighted by atomic mass is 32.2. The lowest BCUT2D eigenvalue weighted by Gasteiger charge is -2.40. The van der Waals surface area contributed by atoms with E-state index < -0.39 is 22.3 Å². The van der Waals surface area contributed by atoms with Crippen LogP contribution in [0.3, 0.4) is 0 Å². The number of nitrogens with zero attached hydrogens (tertiary/aromatic N) is 2. The minimum atomic E-state index is -3.73. The molecule has 0 aromatic heterocycles. The fourth-order valence-electron chi connectivity index (χ4n) is 4.03. The highest BCUT2D eigenvalue weighted by molar-refractivity contribution is 7.87. The van der Waals surface area contributed by atoms with E-state index >= 15 is 0 Å². The largest absolute Gasteiger partial charge is 0.497 e. The summed E-state index contributed by atoms with van der Waals surface area (Å²) in [5.41, 5.74) is 0.825. The van der Waals surface area contributed by atoms with Gasteiger partial charge in [-0.1, -0.05) is 31.4 Å². The molecule has 1 aliphatic carbocycles. The average molecular weight is 396 g/mol. The van der Waals surface area contributed by atoms with Gasteiger partial charge in [0, 0.05) is 26.2 Å². The Kier molecular flexibility index (Phi) is 6.08. The number of carbonyl (C=O) groups is 1. The summed E-state index contributed by atoms with van der Waals surface area (Å²) in [6.45, 7) is 0. The van der Waals surface area contributed by atoms with Crippen molar-refractivity contribution in [2.75, 3.05) is 21.2 Å². The number of likely N-dealkylation sites (N-methyl/N-ethyl adjacent to an activating group) is 2. The van der Waals surface area contributed by atoms with Gasteiger partial charge >= 0.3 is 0 Å². The number of amides is 1. The number of hydrogen-bond acceptors (Lipinski definition) is 4. The van der Waals surface area contributed by atoms with E-state index in [0.29, 0.717) is 12.2 Å². The second-order valence-corrected chi connectivity index (χ2v) is 9.22. The smallest absolute Gasteiger partial charge is 0.280 e. The van der Waals surface area contributed by atoms with Gasteiger partial charge in [-0.3, -0.25) is 4.79 Å². The molecule has 150 valence electrons. The van der Waals surface area contributed by atoms with Crippen molar-refractivity contribution in [2.24, 2.45) is 0 Å². The summed E-state index contributed by atoms with van der Waals surface area (Å²) in [4.78, 5) is 14.9. The predicted octanol–water partition coefficient (Wildman–Crippen LogP) is 2.07. The van der Waals surface area contributed by atoms with Crippen molar-refractivity contribution in [3.05, 3.63) is 29.8 Å². The number of rotatable bonds is 4. The molecule has 1 N–H and O–H groups in total. The highest BCUT2D eigenvalue weighted by Crippen LogP contribution is 2.31. The number of ether oxygens (including phenoxy) is 1. The number of methoxy groups -OCH3 is 1. The molecule has 3 rings (SSSR count). The van der Waals surface area contributed by atoms with Crippen molar-refractivity contribution in [1.82, 2.24) is 13.9 Å². The van der Waals surface area contributed by atoms with E-state index in [0.717, 1.165) is 31.2 Å². The van der Waals surface area contributed by atoms with E-state index in [9.17, 15) is 13.2 Å². The molecule has 1 saturated heterocycles. The Balaban J connectivity index is 1.81. The van der Waals surface area contributed by atoms with Gasteiger partial charge in [0.2, 0.25) is 5.91 Å². The minimum Gasteiger partial charge on any atom is -0.497 e. The molecule has 2 aliphatic rings. The zero-order chi connectivity index (χ0) is 19.6. The Morgan fingerprint density at radius 3 is 2.41 bits per heavy atom. The molecule has 2 unspecified atom stereocenters. The van der Waals surface area contributed by atoms with Crippen LogP contribution >= 0.6 is 0 Å². The number of nitrogens with one attached hydrogen (secondary N) is 1. The van der Waals surface area contributed by atoms with Gasteiger partial charge in [0.1, 0.15) is 11.8 Å². The first kappa shape index (κ1) is 20.1. The van der Waals surface area contributed by atoms with Crippen molar-refractivity contribution in [3.63, 3.8) is 0 Å². The molecule has 1 aromatic carbocycles. The average Bonchev–Trinajstić information content (AvgIpc) is 2.69. The van der Waals surface area contributed by atoms with Crippen molar-refractivity contribution < 1.29 is 17.9 Å². The van der Waals surface area contributed by atoms with Crippen LogP contribution in [0.25, 0.3) is 0 Å². The topological polar surface area (TPSA) is 79.0 Å². The lowest BCUT2D eigenvalue weighted by Crippen LogP contribution is -2.58. The third kappa shape index (κ3) is 4.28. The lowest BCUT2D eigenvalue weighted by molar-refractivity contribution is -0.137. The van der Waals surface area contributed by atoms with Crippen LogP contribution in [0.5, 0.6) is 5.75 Å². The van der Waals surface area contributed by atoms with Gasteiger partial charge in [-0.25, -0.2) is 0 Å². The predicted molar refractivity (Wildman–Crippen MR) is 104 cm³/mol. The fourth-order valence-corrected chi connectivity index (χ4v) is 5.30. The molecule has 27 heavy (non-hydrogen) atoms. The molecule has 1 amide bonds. The van der Waals surface area contributed by atoms with Crippen LogP contribution in [-0.2, 0) is 15.0 Å². The lowest BCUT2D eigenvalue weighted by atomic mass is 9.93. The first-order valence-corrected chi connectivity index (χ1v) is 10.9. The molecule has 8 heteroatoms. The molecule has 1 saturated carbocycles. The molecule has 2 fully saturated rings. The van der Waals surface area contributed by atoms with Crippen molar-refractivity contribution in [2.45, 2.75) is 56.7 Å². The Hall–Kier alpha value is -1.64. The summed E-state index contributed by atoms with van der Waals surface area (Å²) < 4.78 is 34.3. The zero-order valence-corrected chi connectivity index (χ0v) is 17.0. The molecule has 0 spiro atoms. The van der Waals surface area contributed by atoms with Crippen LogP contribution in [-0.4, -0.2) is 56.8 Å². The minimum absolute atomic E-state index is 0.118. The van der Waals surface area contributed by atoms with E-state index in [1.54, 1.807) is 24.1 Å². The van der Waals surface area contributed by atoms with E-state index in [-0.39, 0.29) is 11.9 Å². The zero-order valence-electron chi connectivity index (χ0n) is 16.2. The highest BCUT2D eigenvalue weighted by Gasteiger charge is 2.42. The Labute approximate surface area is 161 Å². The van der Waals surface area contributed by atoms with Crippen LogP contribution < -0.4 is 9.46 Å². The summed E-state index contributed by atoms with van der Waals surface area (Å²) in [7, 11) is 1.14. The van der Waals surface area contributed by atoms with Crippen LogP contribution in [0.15, 0.2) is 24.3 Å². The Bertz CT molecular complexity index is 760.